The Morgan fingerprint density at radius 1 is 1.48 bits per heavy atom. The molecule has 4 N–H and O–H groups in total. The van der Waals surface area contributed by atoms with Gasteiger partial charge in [0.2, 0.25) is 0 Å². The molecular formula is C15H23N3O4S. The van der Waals surface area contributed by atoms with Gasteiger partial charge in [-0.15, -0.1) is 0 Å². The van der Waals surface area contributed by atoms with Gasteiger partial charge in [-0.05, 0) is 32.4 Å². The molecule has 0 saturated carbocycles. The average molecular weight is 341 g/mol. The van der Waals surface area contributed by atoms with Gasteiger partial charge in [0.05, 0.1) is 23.3 Å². The second-order valence-electron chi connectivity index (χ2n) is 5.83. The maximum atomic E-state index is 12.5. The summed E-state index contributed by atoms with van der Waals surface area (Å²) in [6.07, 6.45) is 3.13. The Morgan fingerprint density at radius 2 is 2.17 bits per heavy atom. The Labute approximate surface area is 136 Å². The topological polar surface area (TPSA) is 111 Å². The number of nitrogens with one attached hydrogen (secondary N) is 2. The predicted octanol–water partition coefficient (Wildman–Crippen LogP) is 0.551. The highest BCUT2D eigenvalue weighted by Crippen LogP contribution is 2.28. The number of amides is 1. The fourth-order valence-corrected chi connectivity index (χ4v) is 3.59. The summed E-state index contributed by atoms with van der Waals surface area (Å²) in [5.41, 5.74) is 5.97. The van der Waals surface area contributed by atoms with Crippen molar-refractivity contribution in [2.24, 2.45) is 0 Å². The molecule has 1 amide bonds. The number of hydrogen-bond donors (Lipinski definition) is 3. The van der Waals surface area contributed by atoms with E-state index in [1.807, 2.05) is 6.92 Å². The van der Waals surface area contributed by atoms with Gasteiger partial charge in [0.15, 0.2) is 9.84 Å². The van der Waals surface area contributed by atoms with Crippen molar-refractivity contribution in [3.05, 3.63) is 17.7 Å². The smallest absolute Gasteiger partial charge is 0.255 e. The molecule has 1 saturated heterocycles. The second-order valence-corrected chi connectivity index (χ2v) is 7.81. The van der Waals surface area contributed by atoms with Crippen LogP contribution in [-0.2, 0) is 9.84 Å². The number of nitrogen functional groups attached to an aromatic ring is 1. The Morgan fingerprint density at radius 3 is 2.70 bits per heavy atom. The lowest BCUT2D eigenvalue weighted by Crippen LogP contribution is -2.45. The first-order valence-corrected chi connectivity index (χ1v) is 9.35. The number of hydrogen-bond acceptors (Lipinski definition) is 6. The van der Waals surface area contributed by atoms with Gasteiger partial charge in [-0.3, -0.25) is 4.79 Å². The zero-order valence-electron chi connectivity index (χ0n) is 13.5. The summed E-state index contributed by atoms with van der Waals surface area (Å²) in [5.74, 6) is -0.132. The number of methoxy groups -OCH3 is 1. The minimum atomic E-state index is -3.53. The molecule has 0 radical (unpaired) electrons. The first kappa shape index (κ1) is 17.6. The van der Waals surface area contributed by atoms with E-state index in [1.54, 1.807) is 0 Å². The van der Waals surface area contributed by atoms with Crippen LogP contribution in [0.25, 0.3) is 0 Å². The standard InChI is InChI=1S/C15H23N3O4S/c1-9(12-5-4-6-17-12)18-15(19)10-7-14(23(3,20)21)11(16)8-13(10)22-2/h7-9,12,17H,4-6,16H2,1-3H3,(H,18,19). The monoisotopic (exact) mass is 341 g/mol. The molecule has 0 aromatic heterocycles. The zero-order chi connectivity index (χ0) is 17.2. The fourth-order valence-electron chi connectivity index (χ4n) is 2.77. The molecule has 1 aliphatic heterocycles. The van der Waals surface area contributed by atoms with E-state index in [2.05, 4.69) is 10.6 Å². The third-order valence-corrected chi connectivity index (χ3v) is 5.19. The minimum Gasteiger partial charge on any atom is -0.496 e. The van der Waals surface area contributed by atoms with Crippen molar-refractivity contribution in [1.82, 2.24) is 10.6 Å². The Bertz CT molecular complexity index is 697. The van der Waals surface area contributed by atoms with E-state index in [0.29, 0.717) is 0 Å². The summed E-state index contributed by atoms with van der Waals surface area (Å²) in [5, 5.41) is 6.22. The first-order valence-electron chi connectivity index (χ1n) is 7.46. The van der Waals surface area contributed by atoms with Crippen molar-refractivity contribution in [3.63, 3.8) is 0 Å². The van der Waals surface area contributed by atoms with Crippen LogP contribution in [0.15, 0.2) is 17.0 Å². The van der Waals surface area contributed by atoms with Crippen molar-refractivity contribution in [1.29, 1.82) is 0 Å². The molecule has 1 aliphatic rings. The highest BCUT2D eigenvalue weighted by molar-refractivity contribution is 7.90. The van der Waals surface area contributed by atoms with Crippen LogP contribution < -0.4 is 21.1 Å². The van der Waals surface area contributed by atoms with Crippen molar-refractivity contribution < 1.29 is 17.9 Å². The van der Waals surface area contributed by atoms with E-state index in [-0.39, 0.29) is 39.9 Å². The number of carbonyl (C=O) groups is 1. The lowest BCUT2D eigenvalue weighted by molar-refractivity contribution is 0.0930. The number of benzene rings is 1. The van der Waals surface area contributed by atoms with Crippen LogP contribution in [0, 0.1) is 0 Å². The van der Waals surface area contributed by atoms with Gasteiger partial charge < -0.3 is 21.1 Å². The van der Waals surface area contributed by atoms with E-state index >= 15 is 0 Å². The van der Waals surface area contributed by atoms with Crippen molar-refractivity contribution >= 4 is 21.4 Å². The van der Waals surface area contributed by atoms with E-state index < -0.39 is 9.84 Å². The van der Waals surface area contributed by atoms with Crippen LogP contribution in [0.5, 0.6) is 5.75 Å². The highest BCUT2D eigenvalue weighted by Gasteiger charge is 2.25. The molecule has 2 atom stereocenters. The van der Waals surface area contributed by atoms with Gasteiger partial charge >= 0.3 is 0 Å². The summed E-state index contributed by atoms with van der Waals surface area (Å²) in [7, 11) is -2.12. The number of nitrogens with two attached hydrogens (primary N) is 1. The third kappa shape index (κ3) is 3.94. The lowest BCUT2D eigenvalue weighted by atomic mass is 10.1. The van der Waals surface area contributed by atoms with Gasteiger partial charge in [0.25, 0.3) is 5.91 Å². The van der Waals surface area contributed by atoms with Gasteiger partial charge in [-0.1, -0.05) is 0 Å². The number of carbonyl (C=O) groups excluding carboxylic acids is 1. The van der Waals surface area contributed by atoms with Crippen LogP contribution in [0.3, 0.4) is 0 Å². The molecule has 1 aromatic carbocycles. The number of rotatable bonds is 5. The molecule has 23 heavy (non-hydrogen) atoms. The van der Waals surface area contributed by atoms with E-state index in [0.717, 1.165) is 25.6 Å². The summed E-state index contributed by atoms with van der Waals surface area (Å²) in [4.78, 5) is 12.5. The molecule has 1 aromatic rings. The van der Waals surface area contributed by atoms with Gasteiger partial charge in [0, 0.05) is 24.4 Å². The molecule has 128 valence electrons. The largest absolute Gasteiger partial charge is 0.496 e. The Kier molecular flexibility index (Phi) is 5.16. The molecule has 1 heterocycles. The summed E-state index contributed by atoms with van der Waals surface area (Å²) >= 11 is 0. The van der Waals surface area contributed by atoms with Crippen LogP contribution in [0.2, 0.25) is 0 Å². The van der Waals surface area contributed by atoms with E-state index in [4.69, 9.17) is 10.5 Å². The molecule has 0 spiro atoms. The summed E-state index contributed by atoms with van der Waals surface area (Å²) < 4.78 is 28.8. The molecule has 0 bridgehead atoms. The molecule has 2 rings (SSSR count). The Balaban J connectivity index is 2.31. The van der Waals surface area contributed by atoms with Crippen LogP contribution in [0.4, 0.5) is 5.69 Å². The quantitative estimate of drug-likeness (QED) is 0.675. The SMILES string of the molecule is COc1cc(N)c(S(C)(=O)=O)cc1C(=O)NC(C)C1CCCN1. The van der Waals surface area contributed by atoms with Crippen molar-refractivity contribution in [2.75, 3.05) is 25.6 Å². The zero-order valence-corrected chi connectivity index (χ0v) is 14.4. The number of anilines is 1. The maximum absolute atomic E-state index is 12.5. The number of sulfone groups is 1. The maximum Gasteiger partial charge on any atom is 0.255 e. The van der Waals surface area contributed by atoms with Crippen molar-refractivity contribution in [2.45, 2.75) is 36.7 Å². The lowest BCUT2D eigenvalue weighted by Gasteiger charge is -2.21. The summed E-state index contributed by atoms with van der Waals surface area (Å²) in [6.45, 7) is 2.86. The average Bonchev–Trinajstić information content (AvgIpc) is 2.99. The predicted molar refractivity (Wildman–Crippen MR) is 88.5 cm³/mol. The van der Waals surface area contributed by atoms with E-state index in [9.17, 15) is 13.2 Å². The van der Waals surface area contributed by atoms with Crippen LogP contribution >= 0.6 is 0 Å². The molecule has 8 heteroatoms. The molecule has 0 aliphatic carbocycles. The molecular weight excluding hydrogens is 318 g/mol. The van der Waals surface area contributed by atoms with Crippen LogP contribution in [-0.4, -0.2) is 46.3 Å². The van der Waals surface area contributed by atoms with Gasteiger partial charge in [-0.2, -0.15) is 0 Å². The Hall–Kier alpha value is -1.80. The summed E-state index contributed by atoms with van der Waals surface area (Å²) in [6, 6.07) is 2.78. The van der Waals surface area contributed by atoms with Crippen molar-refractivity contribution in [3.8, 4) is 5.75 Å². The minimum absolute atomic E-state index is 0.0615. The van der Waals surface area contributed by atoms with E-state index in [1.165, 1.54) is 19.2 Å². The molecule has 1 fully saturated rings. The third-order valence-electron chi connectivity index (χ3n) is 4.04. The van der Waals surface area contributed by atoms with Gasteiger partial charge in [-0.25, -0.2) is 8.42 Å². The molecule has 7 nitrogen and oxygen atoms in total. The molecule has 2 unspecified atom stereocenters. The fraction of sp³-hybridized carbons (Fsp3) is 0.533. The first-order chi connectivity index (χ1) is 10.7. The second kappa shape index (κ2) is 6.76. The highest BCUT2D eigenvalue weighted by atomic mass is 32.2. The van der Waals surface area contributed by atoms with Crippen LogP contribution in [0.1, 0.15) is 30.1 Å². The number of ether oxygens (including phenoxy) is 1. The van der Waals surface area contributed by atoms with Gasteiger partial charge in [0.1, 0.15) is 5.75 Å². The normalized spacial score (nSPS) is 19.3.